The van der Waals surface area contributed by atoms with Crippen LogP contribution in [-0.4, -0.2) is 38.1 Å². The Morgan fingerprint density at radius 1 is 1.14 bits per heavy atom. The molecule has 1 aromatic rings. The minimum Gasteiger partial charge on any atom is -0.493 e. The molecular formula is C17H22N2O3. The van der Waals surface area contributed by atoms with Gasteiger partial charge in [-0.1, -0.05) is 0 Å². The highest BCUT2D eigenvalue weighted by Gasteiger charge is 2.32. The standard InChI is InChI=1S/C17H22N2O3/c1-17(2,11-18)16(20)19-7-5-12-9-14(21-3)15(22-4)10-13(12)6-8-19/h9-10H,5-8H2,1-4H3. The van der Waals surface area contributed by atoms with E-state index in [4.69, 9.17) is 14.7 Å². The highest BCUT2D eigenvalue weighted by molar-refractivity contribution is 5.84. The summed E-state index contributed by atoms with van der Waals surface area (Å²) < 4.78 is 10.7. The fourth-order valence-corrected chi connectivity index (χ4v) is 2.70. The fourth-order valence-electron chi connectivity index (χ4n) is 2.70. The largest absolute Gasteiger partial charge is 0.493 e. The van der Waals surface area contributed by atoms with Crippen molar-refractivity contribution in [2.75, 3.05) is 27.3 Å². The Kier molecular flexibility index (Phi) is 4.60. The Labute approximate surface area is 131 Å². The summed E-state index contributed by atoms with van der Waals surface area (Å²) >= 11 is 0. The van der Waals surface area contributed by atoms with Crippen molar-refractivity contribution in [1.29, 1.82) is 5.26 Å². The van der Waals surface area contributed by atoms with Crippen molar-refractivity contribution in [2.45, 2.75) is 26.7 Å². The van der Waals surface area contributed by atoms with Gasteiger partial charge in [0.1, 0.15) is 5.41 Å². The molecule has 1 aromatic carbocycles. The summed E-state index contributed by atoms with van der Waals surface area (Å²) in [4.78, 5) is 14.2. The molecule has 0 aliphatic carbocycles. The van der Waals surface area contributed by atoms with Crippen molar-refractivity contribution >= 4 is 5.91 Å². The molecule has 1 amide bonds. The van der Waals surface area contributed by atoms with Crippen LogP contribution in [0.5, 0.6) is 11.5 Å². The molecule has 0 N–H and O–H groups in total. The predicted molar refractivity (Wildman–Crippen MR) is 82.9 cm³/mol. The van der Waals surface area contributed by atoms with Gasteiger partial charge in [-0.3, -0.25) is 4.79 Å². The predicted octanol–water partition coefficient (Wildman–Crippen LogP) is 2.18. The average Bonchev–Trinajstić information content (AvgIpc) is 2.74. The Bertz CT molecular complexity index is 582. The van der Waals surface area contributed by atoms with Crippen LogP contribution >= 0.6 is 0 Å². The van der Waals surface area contributed by atoms with Crippen molar-refractivity contribution in [2.24, 2.45) is 5.41 Å². The first-order valence-corrected chi connectivity index (χ1v) is 7.37. The van der Waals surface area contributed by atoms with Crippen molar-refractivity contribution in [3.63, 3.8) is 0 Å². The Hall–Kier alpha value is -2.22. The summed E-state index contributed by atoms with van der Waals surface area (Å²) in [5, 5.41) is 9.15. The van der Waals surface area contributed by atoms with Crippen LogP contribution in [0.2, 0.25) is 0 Å². The second kappa shape index (κ2) is 6.27. The van der Waals surface area contributed by atoms with Crippen molar-refractivity contribution in [3.05, 3.63) is 23.3 Å². The van der Waals surface area contributed by atoms with E-state index < -0.39 is 5.41 Å². The van der Waals surface area contributed by atoms with Gasteiger partial charge in [-0.2, -0.15) is 5.26 Å². The molecule has 0 fully saturated rings. The summed E-state index contributed by atoms with van der Waals surface area (Å²) in [7, 11) is 3.23. The van der Waals surface area contributed by atoms with Gasteiger partial charge in [0, 0.05) is 13.1 Å². The number of rotatable bonds is 3. The molecule has 0 saturated carbocycles. The van der Waals surface area contributed by atoms with Crippen LogP contribution < -0.4 is 9.47 Å². The normalized spacial score (nSPS) is 14.6. The number of hydrogen-bond donors (Lipinski definition) is 0. The Morgan fingerprint density at radius 3 is 1.95 bits per heavy atom. The second-order valence-electron chi connectivity index (χ2n) is 6.00. The first-order chi connectivity index (χ1) is 10.4. The molecular weight excluding hydrogens is 280 g/mol. The number of ether oxygens (including phenoxy) is 2. The SMILES string of the molecule is COc1cc2c(cc1OC)CCN(C(=O)C(C)(C)C#N)CC2. The topological polar surface area (TPSA) is 62.6 Å². The monoisotopic (exact) mass is 302 g/mol. The number of nitrogens with zero attached hydrogens (tertiary/aromatic N) is 2. The lowest BCUT2D eigenvalue weighted by Crippen LogP contribution is -2.41. The first kappa shape index (κ1) is 16.2. The zero-order valence-corrected chi connectivity index (χ0v) is 13.6. The van der Waals surface area contributed by atoms with Crippen LogP contribution in [0.4, 0.5) is 0 Å². The van der Waals surface area contributed by atoms with Gasteiger partial charge in [0.05, 0.1) is 20.3 Å². The van der Waals surface area contributed by atoms with Crippen LogP contribution in [0.25, 0.3) is 0 Å². The van der Waals surface area contributed by atoms with Crippen LogP contribution in [-0.2, 0) is 17.6 Å². The van der Waals surface area contributed by atoms with E-state index in [0.29, 0.717) is 24.6 Å². The molecule has 2 rings (SSSR count). The van der Waals surface area contributed by atoms with Gasteiger partial charge in [0.15, 0.2) is 11.5 Å². The zero-order chi connectivity index (χ0) is 16.3. The zero-order valence-electron chi connectivity index (χ0n) is 13.6. The summed E-state index contributed by atoms with van der Waals surface area (Å²) in [6, 6.07) is 6.05. The number of benzene rings is 1. The van der Waals surface area contributed by atoms with Crippen molar-refractivity contribution in [1.82, 2.24) is 4.90 Å². The number of carbonyl (C=O) groups excluding carboxylic acids is 1. The van der Waals surface area contributed by atoms with E-state index in [9.17, 15) is 4.79 Å². The average molecular weight is 302 g/mol. The molecule has 0 saturated heterocycles. The van der Waals surface area contributed by atoms with Gasteiger partial charge in [-0.05, 0) is 49.9 Å². The van der Waals surface area contributed by atoms with Crippen LogP contribution in [0, 0.1) is 16.7 Å². The van der Waals surface area contributed by atoms with Gasteiger partial charge >= 0.3 is 0 Å². The van der Waals surface area contributed by atoms with Crippen LogP contribution in [0.3, 0.4) is 0 Å². The summed E-state index contributed by atoms with van der Waals surface area (Å²) in [5.74, 6) is 1.30. The third kappa shape index (κ3) is 3.01. The minimum atomic E-state index is -0.980. The molecule has 5 heteroatoms. The summed E-state index contributed by atoms with van der Waals surface area (Å²) in [5.41, 5.74) is 1.36. The molecule has 5 nitrogen and oxygen atoms in total. The molecule has 1 aliphatic rings. The minimum absolute atomic E-state index is 0.110. The number of carbonyl (C=O) groups is 1. The third-order valence-corrected chi connectivity index (χ3v) is 4.11. The molecule has 0 unspecified atom stereocenters. The lowest BCUT2D eigenvalue weighted by atomic mass is 9.93. The molecule has 118 valence electrons. The Morgan fingerprint density at radius 2 is 1.59 bits per heavy atom. The smallest absolute Gasteiger partial charge is 0.242 e. The number of nitriles is 1. The molecule has 0 atom stereocenters. The highest BCUT2D eigenvalue weighted by Crippen LogP contribution is 2.32. The lowest BCUT2D eigenvalue weighted by molar-refractivity contribution is -0.137. The number of hydrogen-bond acceptors (Lipinski definition) is 4. The van der Waals surface area contributed by atoms with Gasteiger partial charge in [0.2, 0.25) is 5.91 Å². The van der Waals surface area contributed by atoms with Crippen molar-refractivity contribution in [3.8, 4) is 17.6 Å². The molecule has 0 spiro atoms. The molecule has 1 heterocycles. The fraction of sp³-hybridized carbons (Fsp3) is 0.529. The Balaban J connectivity index is 2.24. The quantitative estimate of drug-likeness (QED) is 0.858. The van der Waals surface area contributed by atoms with E-state index in [1.165, 1.54) is 11.1 Å². The van der Waals surface area contributed by atoms with E-state index in [0.717, 1.165) is 12.8 Å². The molecule has 1 aliphatic heterocycles. The van der Waals surface area contributed by atoms with E-state index in [2.05, 4.69) is 6.07 Å². The van der Waals surface area contributed by atoms with E-state index in [1.54, 1.807) is 33.0 Å². The maximum Gasteiger partial charge on any atom is 0.242 e. The van der Waals surface area contributed by atoms with Crippen LogP contribution in [0.15, 0.2) is 12.1 Å². The van der Waals surface area contributed by atoms with Crippen LogP contribution in [0.1, 0.15) is 25.0 Å². The molecule has 0 bridgehead atoms. The second-order valence-corrected chi connectivity index (χ2v) is 6.00. The maximum absolute atomic E-state index is 12.5. The van der Waals surface area contributed by atoms with E-state index in [1.807, 2.05) is 12.1 Å². The number of methoxy groups -OCH3 is 2. The van der Waals surface area contributed by atoms with Gasteiger partial charge in [-0.15, -0.1) is 0 Å². The van der Waals surface area contributed by atoms with Gasteiger partial charge in [0.25, 0.3) is 0 Å². The van der Waals surface area contributed by atoms with E-state index >= 15 is 0 Å². The number of amides is 1. The lowest BCUT2D eigenvalue weighted by Gasteiger charge is -2.26. The first-order valence-electron chi connectivity index (χ1n) is 7.37. The molecule has 0 aromatic heterocycles. The number of fused-ring (bicyclic) bond motifs is 1. The summed E-state index contributed by atoms with van der Waals surface area (Å²) in [6.45, 7) is 4.57. The third-order valence-electron chi connectivity index (χ3n) is 4.11. The maximum atomic E-state index is 12.5. The van der Waals surface area contributed by atoms with Crippen molar-refractivity contribution < 1.29 is 14.3 Å². The van der Waals surface area contributed by atoms with Gasteiger partial charge < -0.3 is 14.4 Å². The van der Waals surface area contributed by atoms with Gasteiger partial charge in [-0.25, -0.2) is 0 Å². The molecule has 0 radical (unpaired) electrons. The summed E-state index contributed by atoms with van der Waals surface area (Å²) in [6.07, 6.45) is 1.51. The molecule has 22 heavy (non-hydrogen) atoms. The van der Waals surface area contributed by atoms with E-state index in [-0.39, 0.29) is 5.91 Å². The highest BCUT2D eigenvalue weighted by atomic mass is 16.5.